The van der Waals surface area contributed by atoms with Crippen LogP contribution in [-0.2, 0) is 23.3 Å². The molecule has 0 N–H and O–H groups in total. The average Bonchev–Trinajstić information content (AvgIpc) is 3.10. The second-order valence-corrected chi connectivity index (χ2v) is 6.90. The van der Waals surface area contributed by atoms with E-state index in [1.54, 1.807) is 18.9 Å². The van der Waals surface area contributed by atoms with E-state index in [1.165, 1.54) is 11.3 Å². The standard InChI is InChI=1S/C16H20N4O2S/c1-10-14(20(9-17-10)11-6-22-7-11)8-23-16-18-13-5-3-4-12(13)15(19-16)21-2/h9,11H,3-8H2,1-2H3. The lowest BCUT2D eigenvalue weighted by molar-refractivity contribution is -0.0242. The van der Waals surface area contributed by atoms with Crippen LogP contribution in [0.4, 0.5) is 0 Å². The third-order valence-electron chi connectivity index (χ3n) is 4.52. The summed E-state index contributed by atoms with van der Waals surface area (Å²) in [6.07, 6.45) is 5.11. The summed E-state index contributed by atoms with van der Waals surface area (Å²) in [6.45, 7) is 3.60. The Kier molecular flexibility index (Phi) is 3.98. The first kappa shape index (κ1) is 15.0. The Labute approximate surface area is 139 Å². The summed E-state index contributed by atoms with van der Waals surface area (Å²) in [6, 6.07) is 0.419. The van der Waals surface area contributed by atoms with Gasteiger partial charge in [-0.25, -0.2) is 9.97 Å². The number of nitrogens with zero attached hydrogens (tertiary/aromatic N) is 4. The van der Waals surface area contributed by atoms with Crippen molar-refractivity contribution < 1.29 is 9.47 Å². The summed E-state index contributed by atoms with van der Waals surface area (Å²) < 4.78 is 13.0. The van der Waals surface area contributed by atoms with Crippen molar-refractivity contribution in [1.29, 1.82) is 0 Å². The number of fused-ring (bicyclic) bond motifs is 1. The molecular weight excluding hydrogens is 312 g/mol. The van der Waals surface area contributed by atoms with Crippen molar-refractivity contribution in [2.75, 3.05) is 20.3 Å². The van der Waals surface area contributed by atoms with Crippen molar-refractivity contribution in [2.45, 2.75) is 43.1 Å². The molecule has 23 heavy (non-hydrogen) atoms. The number of rotatable bonds is 5. The molecule has 2 aliphatic rings. The van der Waals surface area contributed by atoms with Crippen LogP contribution in [0.1, 0.15) is 35.1 Å². The molecule has 3 heterocycles. The molecule has 7 heteroatoms. The Morgan fingerprint density at radius 1 is 1.35 bits per heavy atom. The van der Waals surface area contributed by atoms with Crippen LogP contribution in [0.2, 0.25) is 0 Å². The molecule has 1 aliphatic heterocycles. The summed E-state index contributed by atoms with van der Waals surface area (Å²) in [5.74, 6) is 1.55. The van der Waals surface area contributed by atoms with Gasteiger partial charge in [-0.3, -0.25) is 0 Å². The Bertz CT molecular complexity index is 727. The molecule has 6 nitrogen and oxygen atoms in total. The molecule has 0 aromatic carbocycles. The van der Waals surface area contributed by atoms with E-state index in [0.717, 1.165) is 60.7 Å². The van der Waals surface area contributed by atoms with Gasteiger partial charge in [0.05, 0.1) is 49.8 Å². The Morgan fingerprint density at radius 3 is 2.96 bits per heavy atom. The third kappa shape index (κ3) is 2.72. The maximum Gasteiger partial charge on any atom is 0.220 e. The van der Waals surface area contributed by atoms with Crippen LogP contribution in [-0.4, -0.2) is 39.8 Å². The Hall–Kier alpha value is -1.60. The van der Waals surface area contributed by atoms with Gasteiger partial charge in [-0.05, 0) is 26.2 Å². The van der Waals surface area contributed by atoms with Crippen LogP contribution in [0.25, 0.3) is 0 Å². The Morgan fingerprint density at radius 2 is 2.22 bits per heavy atom. The minimum Gasteiger partial charge on any atom is -0.481 e. The summed E-state index contributed by atoms with van der Waals surface area (Å²) in [4.78, 5) is 13.7. The van der Waals surface area contributed by atoms with Crippen LogP contribution in [0.15, 0.2) is 11.5 Å². The van der Waals surface area contributed by atoms with Crippen LogP contribution in [0.3, 0.4) is 0 Å². The van der Waals surface area contributed by atoms with Gasteiger partial charge < -0.3 is 14.0 Å². The fourth-order valence-corrected chi connectivity index (χ4v) is 4.05. The highest BCUT2D eigenvalue weighted by molar-refractivity contribution is 7.98. The number of hydrogen-bond acceptors (Lipinski definition) is 6. The summed E-state index contributed by atoms with van der Waals surface area (Å²) in [7, 11) is 1.69. The van der Waals surface area contributed by atoms with E-state index in [0.29, 0.717) is 6.04 Å². The highest BCUT2D eigenvalue weighted by Gasteiger charge is 2.24. The second-order valence-electron chi connectivity index (χ2n) is 5.96. The predicted octanol–water partition coefficient (Wildman–Crippen LogP) is 2.34. The van der Waals surface area contributed by atoms with Crippen LogP contribution < -0.4 is 4.74 Å². The number of thioether (sulfide) groups is 1. The molecule has 0 unspecified atom stereocenters. The largest absolute Gasteiger partial charge is 0.481 e. The van der Waals surface area contributed by atoms with Gasteiger partial charge in [0, 0.05) is 11.3 Å². The molecule has 122 valence electrons. The maximum absolute atomic E-state index is 5.45. The molecule has 1 saturated heterocycles. The summed E-state index contributed by atoms with van der Waals surface area (Å²) in [5.41, 5.74) is 4.63. The van der Waals surface area contributed by atoms with Gasteiger partial charge in [0.15, 0.2) is 5.16 Å². The van der Waals surface area contributed by atoms with Crippen molar-refractivity contribution >= 4 is 11.8 Å². The molecule has 0 saturated carbocycles. The molecule has 4 rings (SSSR count). The highest BCUT2D eigenvalue weighted by Crippen LogP contribution is 2.32. The van der Waals surface area contributed by atoms with Crippen molar-refractivity contribution in [3.8, 4) is 5.88 Å². The van der Waals surface area contributed by atoms with E-state index in [2.05, 4.69) is 21.5 Å². The fraction of sp³-hybridized carbons (Fsp3) is 0.562. The molecular formula is C16H20N4O2S. The van der Waals surface area contributed by atoms with E-state index >= 15 is 0 Å². The third-order valence-corrected chi connectivity index (χ3v) is 5.38. The number of aromatic nitrogens is 4. The topological polar surface area (TPSA) is 62.1 Å². The maximum atomic E-state index is 5.45. The van der Waals surface area contributed by atoms with Gasteiger partial charge in [0.1, 0.15) is 0 Å². The van der Waals surface area contributed by atoms with E-state index in [1.807, 2.05) is 6.33 Å². The molecule has 2 aromatic rings. The number of methoxy groups -OCH3 is 1. The smallest absolute Gasteiger partial charge is 0.220 e. The SMILES string of the molecule is COc1nc(SCc2c(C)ncn2C2COC2)nc2c1CCC2. The number of ether oxygens (including phenoxy) is 2. The zero-order valence-corrected chi connectivity index (χ0v) is 14.2. The molecule has 0 spiro atoms. The van der Waals surface area contributed by atoms with E-state index in [-0.39, 0.29) is 0 Å². The second kappa shape index (κ2) is 6.13. The van der Waals surface area contributed by atoms with Gasteiger partial charge in [-0.15, -0.1) is 0 Å². The monoisotopic (exact) mass is 332 g/mol. The van der Waals surface area contributed by atoms with E-state index in [9.17, 15) is 0 Å². The summed E-state index contributed by atoms with van der Waals surface area (Å²) in [5, 5.41) is 0.791. The number of aryl methyl sites for hydroxylation is 2. The van der Waals surface area contributed by atoms with Crippen LogP contribution >= 0.6 is 11.8 Å². The molecule has 0 bridgehead atoms. The lowest BCUT2D eigenvalue weighted by Crippen LogP contribution is -2.31. The molecule has 2 aromatic heterocycles. The minimum absolute atomic E-state index is 0.419. The van der Waals surface area contributed by atoms with Gasteiger partial charge in [0.2, 0.25) is 5.88 Å². The molecule has 0 radical (unpaired) electrons. The van der Waals surface area contributed by atoms with Crippen molar-refractivity contribution in [3.05, 3.63) is 29.0 Å². The molecule has 0 atom stereocenters. The minimum atomic E-state index is 0.419. The van der Waals surface area contributed by atoms with Crippen LogP contribution in [0.5, 0.6) is 5.88 Å². The lowest BCUT2D eigenvalue weighted by atomic mass is 10.2. The van der Waals surface area contributed by atoms with Gasteiger partial charge in [-0.1, -0.05) is 11.8 Å². The average molecular weight is 332 g/mol. The summed E-state index contributed by atoms with van der Waals surface area (Å²) >= 11 is 1.65. The molecule has 0 amide bonds. The first-order chi connectivity index (χ1) is 11.3. The normalized spacial score (nSPS) is 17.1. The first-order valence-electron chi connectivity index (χ1n) is 7.93. The van der Waals surface area contributed by atoms with E-state index in [4.69, 9.17) is 14.5 Å². The van der Waals surface area contributed by atoms with Gasteiger partial charge in [-0.2, -0.15) is 4.98 Å². The van der Waals surface area contributed by atoms with Crippen molar-refractivity contribution in [2.24, 2.45) is 0 Å². The molecule has 1 fully saturated rings. The lowest BCUT2D eigenvalue weighted by Gasteiger charge is -2.28. The fourth-order valence-electron chi connectivity index (χ4n) is 3.10. The highest BCUT2D eigenvalue weighted by atomic mass is 32.2. The van der Waals surface area contributed by atoms with Crippen molar-refractivity contribution in [3.63, 3.8) is 0 Å². The quantitative estimate of drug-likeness (QED) is 0.619. The van der Waals surface area contributed by atoms with Gasteiger partial charge >= 0.3 is 0 Å². The molecule has 1 aliphatic carbocycles. The zero-order chi connectivity index (χ0) is 15.8. The predicted molar refractivity (Wildman–Crippen MR) is 87.0 cm³/mol. The van der Waals surface area contributed by atoms with E-state index < -0.39 is 0 Å². The zero-order valence-electron chi connectivity index (χ0n) is 13.4. The van der Waals surface area contributed by atoms with Gasteiger partial charge in [0.25, 0.3) is 0 Å². The number of hydrogen-bond donors (Lipinski definition) is 0. The van der Waals surface area contributed by atoms with Crippen LogP contribution in [0, 0.1) is 6.92 Å². The first-order valence-corrected chi connectivity index (χ1v) is 8.91. The number of imidazole rings is 1. The Balaban J connectivity index is 1.55. The van der Waals surface area contributed by atoms with Crippen molar-refractivity contribution in [1.82, 2.24) is 19.5 Å².